The predicted octanol–water partition coefficient (Wildman–Crippen LogP) is 3.96. The molecule has 1 aliphatic heterocycles. The Balaban J connectivity index is 1.43. The van der Waals surface area contributed by atoms with Gasteiger partial charge in [0, 0.05) is 41.6 Å². The lowest BCUT2D eigenvalue weighted by Crippen LogP contribution is -2.18. The number of hydrogen-bond donors (Lipinski definition) is 2. The number of carbonyl (C=O) groups is 1. The summed E-state index contributed by atoms with van der Waals surface area (Å²) in [5.41, 5.74) is 4.02. The molecule has 1 aliphatic rings. The fourth-order valence-corrected chi connectivity index (χ4v) is 3.54. The van der Waals surface area contributed by atoms with E-state index in [1.54, 1.807) is 7.11 Å². The molecule has 0 unspecified atom stereocenters. The maximum Gasteiger partial charge on any atom is 0.228 e. The van der Waals surface area contributed by atoms with Gasteiger partial charge in [0.25, 0.3) is 0 Å². The Morgan fingerprint density at radius 2 is 1.92 bits per heavy atom. The number of rotatable bonds is 5. The van der Waals surface area contributed by atoms with Crippen molar-refractivity contribution < 1.29 is 9.53 Å². The number of amides is 1. The van der Waals surface area contributed by atoms with Gasteiger partial charge in [-0.15, -0.1) is 0 Å². The Labute approximate surface area is 153 Å². The van der Waals surface area contributed by atoms with Gasteiger partial charge in [0.05, 0.1) is 13.5 Å². The number of aromatic amines is 1. The van der Waals surface area contributed by atoms with Gasteiger partial charge in [0.15, 0.2) is 0 Å². The van der Waals surface area contributed by atoms with Crippen LogP contribution in [0.5, 0.6) is 5.75 Å². The van der Waals surface area contributed by atoms with Gasteiger partial charge < -0.3 is 19.9 Å². The molecule has 0 bridgehead atoms. The Kier molecular flexibility index (Phi) is 4.52. The molecule has 2 aromatic carbocycles. The molecule has 0 radical (unpaired) electrons. The predicted molar refractivity (Wildman–Crippen MR) is 105 cm³/mol. The summed E-state index contributed by atoms with van der Waals surface area (Å²) in [7, 11) is 1.64. The lowest BCUT2D eigenvalue weighted by molar-refractivity contribution is -0.115. The Hall–Kier alpha value is -2.95. The van der Waals surface area contributed by atoms with Crippen molar-refractivity contribution in [1.82, 2.24) is 4.98 Å². The van der Waals surface area contributed by atoms with Crippen molar-refractivity contribution in [3.05, 3.63) is 54.2 Å². The molecule has 4 rings (SSSR count). The number of methoxy groups -OCH3 is 1. The number of ether oxygens (including phenoxy) is 1. The highest BCUT2D eigenvalue weighted by molar-refractivity contribution is 5.96. The van der Waals surface area contributed by atoms with Crippen molar-refractivity contribution >= 4 is 28.2 Å². The second-order valence-corrected chi connectivity index (χ2v) is 6.69. The highest BCUT2D eigenvalue weighted by Crippen LogP contribution is 2.25. The molecule has 1 amide bonds. The fraction of sp³-hybridized carbons (Fsp3) is 0.286. The van der Waals surface area contributed by atoms with Gasteiger partial charge in [-0.3, -0.25) is 4.79 Å². The van der Waals surface area contributed by atoms with E-state index in [1.807, 2.05) is 36.5 Å². The molecule has 2 N–H and O–H groups in total. The van der Waals surface area contributed by atoms with Crippen LogP contribution in [0, 0.1) is 0 Å². The molecule has 0 aliphatic carbocycles. The molecule has 2 heterocycles. The van der Waals surface area contributed by atoms with Crippen LogP contribution in [-0.4, -0.2) is 31.1 Å². The number of benzene rings is 2. The van der Waals surface area contributed by atoms with Crippen molar-refractivity contribution in [3.8, 4) is 5.75 Å². The summed E-state index contributed by atoms with van der Waals surface area (Å²) < 4.78 is 5.28. The zero-order chi connectivity index (χ0) is 17.9. The molecule has 1 saturated heterocycles. The van der Waals surface area contributed by atoms with Crippen molar-refractivity contribution in [2.75, 3.05) is 30.4 Å². The minimum Gasteiger partial charge on any atom is -0.497 e. The van der Waals surface area contributed by atoms with Crippen molar-refractivity contribution in [2.24, 2.45) is 0 Å². The van der Waals surface area contributed by atoms with Gasteiger partial charge in [-0.25, -0.2) is 0 Å². The third kappa shape index (κ3) is 3.38. The lowest BCUT2D eigenvalue weighted by Gasteiger charge is -2.17. The van der Waals surface area contributed by atoms with E-state index in [-0.39, 0.29) is 5.91 Å². The number of anilines is 2. The summed E-state index contributed by atoms with van der Waals surface area (Å²) in [5, 5.41) is 4.01. The maximum absolute atomic E-state index is 12.5. The normalized spacial score (nSPS) is 14.0. The van der Waals surface area contributed by atoms with E-state index in [2.05, 4.69) is 27.3 Å². The largest absolute Gasteiger partial charge is 0.497 e. The Bertz CT molecular complexity index is 909. The number of fused-ring (bicyclic) bond motifs is 1. The van der Waals surface area contributed by atoms with Gasteiger partial charge in [0.2, 0.25) is 5.91 Å². The molecular formula is C21H23N3O2. The number of H-pyrrole nitrogens is 1. The monoisotopic (exact) mass is 349 g/mol. The Morgan fingerprint density at radius 3 is 2.65 bits per heavy atom. The summed E-state index contributed by atoms with van der Waals surface area (Å²) >= 11 is 0. The molecule has 1 aromatic heterocycles. The van der Waals surface area contributed by atoms with Gasteiger partial charge in [-0.05, 0) is 60.9 Å². The first-order chi connectivity index (χ1) is 12.7. The zero-order valence-electron chi connectivity index (χ0n) is 14.9. The van der Waals surface area contributed by atoms with E-state index in [0.717, 1.165) is 41.0 Å². The van der Waals surface area contributed by atoms with Gasteiger partial charge in [-0.1, -0.05) is 0 Å². The lowest BCUT2D eigenvalue weighted by atomic mass is 10.1. The van der Waals surface area contributed by atoms with Crippen LogP contribution in [0.25, 0.3) is 10.9 Å². The molecule has 5 nitrogen and oxygen atoms in total. The minimum absolute atomic E-state index is 0.0253. The molecule has 134 valence electrons. The first-order valence-electron chi connectivity index (χ1n) is 9.02. The molecule has 26 heavy (non-hydrogen) atoms. The van der Waals surface area contributed by atoms with Crippen molar-refractivity contribution in [1.29, 1.82) is 0 Å². The van der Waals surface area contributed by atoms with Crippen LogP contribution in [0.15, 0.2) is 48.7 Å². The number of nitrogens with zero attached hydrogens (tertiary/aromatic N) is 1. The summed E-state index contributed by atoms with van der Waals surface area (Å²) in [6.45, 7) is 2.24. The van der Waals surface area contributed by atoms with Crippen LogP contribution in [-0.2, 0) is 11.2 Å². The molecule has 1 fully saturated rings. The van der Waals surface area contributed by atoms with Crippen LogP contribution in [0.4, 0.5) is 11.4 Å². The first-order valence-corrected chi connectivity index (χ1v) is 9.02. The second-order valence-electron chi connectivity index (χ2n) is 6.69. The molecular weight excluding hydrogens is 326 g/mol. The number of nitrogens with one attached hydrogen (secondary N) is 2. The average molecular weight is 349 g/mol. The Morgan fingerprint density at radius 1 is 1.15 bits per heavy atom. The summed E-state index contributed by atoms with van der Waals surface area (Å²) in [5.74, 6) is 0.763. The molecule has 5 heteroatoms. The third-order valence-corrected chi connectivity index (χ3v) is 4.95. The summed E-state index contributed by atoms with van der Waals surface area (Å²) in [4.78, 5) is 18.0. The van der Waals surface area contributed by atoms with E-state index in [9.17, 15) is 4.79 Å². The molecule has 3 aromatic rings. The number of aromatic nitrogens is 1. The topological polar surface area (TPSA) is 57.4 Å². The quantitative estimate of drug-likeness (QED) is 0.733. The zero-order valence-corrected chi connectivity index (χ0v) is 14.9. The minimum atomic E-state index is -0.0253. The van der Waals surface area contributed by atoms with Crippen molar-refractivity contribution in [3.63, 3.8) is 0 Å². The van der Waals surface area contributed by atoms with Crippen LogP contribution in [0.3, 0.4) is 0 Å². The number of hydrogen-bond acceptors (Lipinski definition) is 3. The first kappa shape index (κ1) is 16.5. The van der Waals surface area contributed by atoms with Gasteiger partial charge >= 0.3 is 0 Å². The van der Waals surface area contributed by atoms with Gasteiger partial charge in [-0.2, -0.15) is 0 Å². The SMILES string of the molecule is COc1ccc2[nH]cc(CC(=O)Nc3ccc(N4CCCC4)cc3)c2c1. The highest BCUT2D eigenvalue weighted by atomic mass is 16.5. The third-order valence-electron chi connectivity index (χ3n) is 4.95. The number of carbonyl (C=O) groups excluding carboxylic acids is 1. The maximum atomic E-state index is 12.5. The van der Waals surface area contributed by atoms with Crippen LogP contribution >= 0.6 is 0 Å². The van der Waals surface area contributed by atoms with E-state index in [4.69, 9.17) is 4.74 Å². The average Bonchev–Trinajstić information content (AvgIpc) is 3.32. The van der Waals surface area contributed by atoms with E-state index < -0.39 is 0 Å². The second kappa shape index (κ2) is 7.12. The summed E-state index contributed by atoms with van der Waals surface area (Å²) in [6.07, 6.45) is 4.73. The molecule has 0 atom stereocenters. The molecule has 0 spiro atoms. The smallest absolute Gasteiger partial charge is 0.228 e. The van der Waals surface area contributed by atoms with Crippen LogP contribution < -0.4 is 15.0 Å². The van der Waals surface area contributed by atoms with Crippen molar-refractivity contribution in [2.45, 2.75) is 19.3 Å². The molecule has 0 saturated carbocycles. The van der Waals surface area contributed by atoms with E-state index in [0.29, 0.717) is 6.42 Å². The fourth-order valence-electron chi connectivity index (χ4n) is 3.54. The van der Waals surface area contributed by atoms with Crippen LogP contribution in [0.2, 0.25) is 0 Å². The van der Waals surface area contributed by atoms with E-state index in [1.165, 1.54) is 18.5 Å². The summed E-state index contributed by atoms with van der Waals surface area (Å²) in [6, 6.07) is 13.9. The highest BCUT2D eigenvalue weighted by Gasteiger charge is 2.13. The standard InChI is InChI=1S/C21H23N3O2/c1-26-18-8-9-20-19(13-18)15(14-22-20)12-21(25)23-16-4-6-17(7-5-16)24-10-2-3-11-24/h4-9,13-14,22H,2-3,10-12H2,1H3,(H,23,25). The van der Waals surface area contributed by atoms with E-state index >= 15 is 0 Å². The van der Waals surface area contributed by atoms with Gasteiger partial charge in [0.1, 0.15) is 5.75 Å². The van der Waals surface area contributed by atoms with Crippen LogP contribution in [0.1, 0.15) is 18.4 Å².